The van der Waals surface area contributed by atoms with Crippen LogP contribution in [-0.2, 0) is 15.1 Å². The lowest BCUT2D eigenvalue weighted by atomic mass is 9.86. The van der Waals surface area contributed by atoms with Crippen LogP contribution in [0.3, 0.4) is 0 Å². The minimum atomic E-state index is -0.911. The molecule has 0 aliphatic carbocycles. The quantitative estimate of drug-likeness (QED) is 0.786. The van der Waals surface area contributed by atoms with E-state index in [1.807, 2.05) is 68.4 Å². The summed E-state index contributed by atoms with van der Waals surface area (Å²) in [5, 5.41) is 3.36. The lowest BCUT2D eigenvalue weighted by Gasteiger charge is -2.33. The van der Waals surface area contributed by atoms with Crippen molar-refractivity contribution in [3.05, 3.63) is 60.2 Å². The van der Waals surface area contributed by atoms with Crippen molar-refractivity contribution in [1.29, 1.82) is 0 Å². The molecule has 0 fully saturated rings. The number of esters is 1. The Balaban J connectivity index is 2.41. The highest BCUT2D eigenvalue weighted by atomic mass is 16.5. The van der Waals surface area contributed by atoms with Gasteiger partial charge in [0.25, 0.3) is 0 Å². The number of methoxy groups -OCH3 is 1. The zero-order valence-electron chi connectivity index (χ0n) is 13.8. The van der Waals surface area contributed by atoms with Gasteiger partial charge in [0.1, 0.15) is 5.75 Å². The molecule has 0 radical (unpaired) electrons. The molecule has 2 rings (SSSR count). The number of carbonyl (C=O) groups is 1. The van der Waals surface area contributed by atoms with Gasteiger partial charge < -0.3 is 14.8 Å². The number of carbonyl (C=O) groups excluding carboxylic acids is 1. The van der Waals surface area contributed by atoms with Crippen LogP contribution >= 0.6 is 0 Å². The molecule has 0 saturated heterocycles. The van der Waals surface area contributed by atoms with E-state index in [9.17, 15) is 4.79 Å². The minimum absolute atomic E-state index is 0.274. The molecule has 122 valence electrons. The molecule has 0 amide bonds. The minimum Gasteiger partial charge on any atom is -0.497 e. The van der Waals surface area contributed by atoms with Crippen LogP contribution in [0.4, 0.5) is 5.69 Å². The van der Waals surface area contributed by atoms with Crippen molar-refractivity contribution in [2.45, 2.75) is 25.8 Å². The molecule has 23 heavy (non-hydrogen) atoms. The van der Waals surface area contributed by atoms with Crippen LogP contribution in [0.25, 0.3) is 0 Å². The zero-order valence-corrected chi connectivity index (χ0v) is 13.8. The van der Waals surface area contributed by atoms with Crippen LogP contribution in [0.2, 0.25) is 0 Å². The smallest absolute Gasteiger partial charge is 0.336 e. The highest BCUT2D eigenvalue weighted by Gasteiger charge is 2.40. The molecular formula is C19H23NO3. The Bertz CT molecular complexity index is 625. The lowest BCUT2D eigenvalue weighted by Crippen LogP contribution is -2.44. The molecule has 4 nitrogen and oxygen atoms in total. The van der Waals surface area contributed by atoms with Gasteiger partial charge >= 0.3 is 5.97 Å². The van der Waals surface area contributed by atoms with E-state index in [-0.39, 0.29) is 5.97 Å². The molecule has 2 aromatic carbocycles. The maximum atomic E-state index is 12.7. The van der Waals surface area contributed by atoms with E-state index in [4.69, 9.17) is 9.47 Å². The summed E-state index contributed by atoms with van der Waals surface area (Å²) >= 11 is 0. The fraction of sp³-hybridized carbons (Fsp3) is 0.316. The molecule has 0 aliphatic rings. The van der Waals surface area contributed by atoms with Crippen molar-refractivity contribution in [3.63, 3.8) is 0 Å². The first-order valence-electron chi connectivity index (χ1n) is 7.81. The molecule has 1 N–H and O–H groups in total. The van der Waals surface area contributed by atoms with E-state index in [1.165, 1.54) is 0 Å². The summed E-state index contributed by atoms with van der Waals surface area (Å²) in [5.74, 6) is 0.498. The summed E-state index contributed by atoms with van der Waals surface area (Å²) in [7, 11) is 1.63. The van der Waals surface area contributed by atoms with Crippen LogP contribution in [0.1, 0.15) is 25.8 Å². The molecule has 2 aromatic rings. The van der Waals surface area contributed by atoms with E-state index >= 15 is 0 Å². The molecular weight excluding hydrogens is 290 g/mol. The van der Waals surface area contributed by atoms with Crippen LogP contribution < -0.4 is 10.1 Å². The Hall–Kier alpha value is -2.49. The van der Waals surface area contributed by atoms with E-state index < -0.39 is 5.54 Å². The summed E-state index contributed by atoms with van der Waals surface area (Å²) in [4.78, 5) is 12.7. The van der Waals surface area contributed by atoms with Crippen LogP contribution in [0.15, 0.2) is 54.6 Å². The highest BCUT2D eigenvalue weighted by molar-refractivity contribution is 5.86. The van der Waals surface area contributed by atoms with Crippen LogP contribution in [-0.4, -0.2) is 19.7 Å². The third-order valence-electron chi connectivity index (χ3n) is 3.87. The first kappa shape index (κ1) is 16.9. The van der Waals surface area contributed by atoms with Crippen molar-refractivity contribution in [2.24, 2.45) is 0 Å². The number of benzene rings is 2. The third kappa shape index (κ3) is 3.65. The predicted molar refractivity (Wildman–Crippen MR) is 91.7 cm³/mol. The maximum absolute atomic E-state index is 12.7. The van der Waals surface area contributed by atoms with Crippen molar-refractivity contribution in [2.75, 3.05) is 19.0 Å². The molecule has 0 saturated carbocycles. The number of hydrogen-bond donors (Lipinski definition) is 1. The second-order valence-corrected chi connectivity index (χ2v) is 5.20. The number of nitrogens with one attached hydrogen (secondary N) is 1. The second-order valence-electron chi connectivity index (χ2n) is 5.20. The maximum Gasteiger partial charge on any atom is 0.336 e. The zero-order chi connectivity index (χ0) is 16.7. The Morgan fingerprint density at radius 1 is 1.04 bits per heavy atom. The third-order valence-corrected chi connectivity index (χ3v) is 3.87. The summed E-state index contributed by atoms with van der Waals surface area (Å²) in [6, 6.07) is 17.2. The average molecular weight is 313 g/mol. The summed E-state index contributed by atoms with van der Waals surface area (Å²) in [6.07, 6.45) is 0.571. The highest BCUT2D eigenvalue weighted by Crippen LogP contribution is 2.32. The van der Waals surface area contributed by atoms with E-state index in [0.717, 1.165) is 17.0 Å². The predicted octanol–water partition coefficient (Wildman–Crippen LogP) is 3.98. The van der Waals surface area contributed by atoms with Crippen LogP contribution in [0.5, 0.6) is 5.75 Å². The first-order valence-corrected chi connectivity index (χ1v) is 7.81. The van der Waals surface area contributed by atoms with Gasteiger partial charge in [0.2, 0.25) is 0 Å². The van der Waals surface area contributed by atoms with Gasteiger partial charge in [-0.2, -0.15) is 0 Å². The molecule has 1 unspecified atom stereocenters. The summed E-state index contributed by atoms with van der Waals surface area (Å²) < 4.78 is 10.5. The standard InChI is InChI=1S/C19H23NO3/c1-4-19(18(21)23-5-2,15-9-7-6-8-10-15)20-16-11-13-17(22-3)14-12-16/h6-14,20H,4-5H2,1-3H3. The molecule has 0 heterocycles. The van der Waals surface area contributed by atoms with Crippen molar-refractivity contribution in [1.82, 2.24) is 0 Å². The number of anilines is 1. The summed E-state index contributed by atoms with van der Waals surface area (Å²) in [6.45, 7) is 4.13. The monoisotopic (exact) mass is 313 g/mol. The fourth-order valence-corrected chi connectivity index (χ4v) is 2.58. The fourth-order valence-electron chi connectivity index (χ4n) is 2.58. The Kier molecular flexibility index (Phi) is 5.63. The van der Waals surface area contributed by atoms with Crippen molar-refractivity contribution in [3.8, 4) is 5.75 Å². The van der Waals surface area contributed by atoms with Gasteiger partial charge in [0.05, 0.1) is 13.7 Å². The van der Waals surface area contributed by atoms with Gasteiger partial charge in [-0.1, -0.05) is 37.3 Å². The second kappa shape index (κ2) is 7.68. The lowest BCUT2D eigenvalue weighted by molar-refractivity contribution is -0.149. The molecule has 1 atom stereocenters. The van der Waals surface area contributed by atoms with Crippen molar-refractivity contribution >= 4 is 11.7 Å². The van der Waals surface area contributed by atoms with Gasteiger partial charge in [-0.15, -0.1) is 0 Å². The summed E-state index contributed by atoms with van der Waals surface area (Å²) in [5.41, 5.74) is 0.813. The van der Waals surface area contributed by atoms with E-state index in [0.29, 0.717) is 13.0 Å². The van der Waals surface area contributed by atoms with E-state index in [2.05, 4.69) is 5.32 Å². The Morgan fingerprint density at radius 3 is 2.22 bits per heavy atom. The van der Waals surface area contributed by atoms with Gasteiger partial charge in [-0.05, 0) is 43.2 Å². The van der Waals surface area contributed by atoms with Crippen LogP contribution in [0, 0.1) is 0 Å². The Morgan fingerprint density at radius 2 is 1.70 bits per heavy atom. The van der Waals surface area contributed by atoms with E-state index in [1.54, 1.807) is 7.11 Å². The number of hydrogen-bond acceptors (Lipinski definition) is 4. The molecule has 4 heteroatoms. The van der Waals surface area contributed by atoms with Gasteiger partial charge in [0, 0.05) is 5.69 Å². The number of rotatable bonds is 7. The largest absolute Gasteiger partial charge is 0.497 e. The van der Waals surface area contributed by atoms with Crippen molar-refractivity contribution < 1.29 is 14.3 Å². The topological polar surface area (TPSA) is 47.6 Å². The molecule has 0 aliphatic heterocycles. The average Bonchev–Trinajstić information content (AvgIpc) is 2.61. The van der Waals surface area contributed by atoms with Gasteiger partial charge in [-0.25, -0.2) is 4.79 Å². The van der Waals surface area contributed by atoms with Gasteiger partial charge in [0.15, 0.2) is 5.54 Å². The SMILES string of the molecule is CCOC(=O)C(CC)(Nc1ccc(OC)cc1)c1ccccc1. The molecule has 0 bridgehead atoms. The Labute approximate surface area is 137 Å². The molecule has 0 spiro atoms. The normalized spacial score (nSPS) is 13.0. The number of ether oxygens (including phenoxy) is 2. The first-order chi connectivity index (χ1) is 11.2. The van der Waals surface area contributed by atoms with Gasteiger partial charge in [-0.3, -0.25) is 0 Å². The molecule has 0 aromatic heterocycles.